The summed E-state index contributed by atoms with van der Waals surface area (Å²) in [5, 5.41) is 2.08. The molecular weight excluding hydrogens is 390 g/mol. The van der Waals surface area contributed by atoms with Crippen molar-refractivity contribution in [2.24, 2.45) is 0 Å². The first-order chi connectivity index (χ1) is 13.6. The van der Waals surface area contributed by atoms with E-state index in [4.69, 9.17) is 16.3 Å². The molecule has 0 spiro atoms. The van der Waals surface area contributed by atoms with Gasteiger partial charge >= 0.3 is 5.97 Å². The number of ether oxygens (including phenoxy) is 1. The van der Waals surface area contributed by atoms with Gasteiger partial charge in [0.25, 0.3) is 0 Å². The Morgan fingerprint density at radius 3 is 2.75 bits per heavy atom. The zero-order valence-electron chi connectivity index (χ0n) is 16.0. The van der Waals surface area contributed by atoms with Crippen LogP contribution in [0.3, 0.4) is 0 Å². The minimum Gasteiger partial charge on any atom is -0.462 e. The highest BCUT2D eigenvalue weighted by atomic mass is 35.5. The second kappa shape index (κ2) is 8.08. The molecule has 0 atom stereocenters. The van der Waals surface area contributed by atoms with E-state index in [0.717, 1.165) is 35.0 Å². The van der Waals surface area contributed by atoms with Crippen LogP contribution in [-0.4, -0.2) is 31.1 Å². The van der Waals surface area contributed by atoms with Crippen LogP contribution in [0.25, 0.3) is 21.7 Å². The number of hydrogen-bond donors (Lipinski definition) is 0. The number of carbonyl (C=O) groups excluding carboxylic acids is 1. The van der Waals surface area contributed by atoms with Crippen molar-refractivity contribution in [3.05, 3.63) is 69.1 Å². The molecule has 2 heterocycles. The largest absolute Gasteiger partial charge is 0.462 e. The van der Waals surface area contributed by atoms with Gasteiger partial charge in [-0.3, -0.25) is 0 Å². The number of esters is 1. The van der Waals surface area contributed by atoms with Gasteiger partial charge in [-0.25, -0.2) is 4.79 Å². The Morgan fingerprint density at radius 1 is 1.21 bits per heavy atom. The summed E-state index contributed by atoms with van der Waals surface area (Å²) in [6.45, 7) is 3.98. The van der Waals surface area contributed by atoms with Crippen LogP contribution in [0.5, 0.6) is 0 Å². The van der Waals surface area contributed by atoms with Crippen molar-refractivity contribution in [1.29, 1.82) is 0 Å². The van der Waals surface area contributed by atoms with Gasteiger partial charge in [0.05, 0.1) is 12.2 Å². The van der Waals surface area contributed by atoms with E-state index < -0.39 is 0 Å². The molecule has 0 saturated carbocycles. The molecule has 0 fully saturated rings. The molecule has 2 aromatic carbocycles. The van der Waals surface area contributed by atoms with Crippen LogP contribution in [0.15, 0.2) is 42.5 Å². The molecule has 28 heavy (non-hydrogen) atoms. The van der Waals surface area contributed by atoms with Crippen LogP contribution in [0, 0.1) is 0 Å². The molecule has 3 nitrogen and oxygen atoms in total. The van der Waals surface area contributed by atoms with Crippen molar-refractivity contribution in [2.75, 3.05) is 20.2 Å². The van der Waals surface area contributed by atoms with E-state index in [1.807, 2.05) is 49.4 Å². The minimum absolute atomic E-state index is 0.293. The number of hydrogen-bond acceptors (Lipinski definition) is 4. The van der Waals surface area contributed by atoms with Gasteiger partial charge in [-0.05, 0) is 55.3 Å². The Hall–Kier alpha value is -2.14. The standard InChI is InChI=1S/C23H22ClNO2S/c1-3-27-23(26)17(15-7-5-4-6-8-15)13-21-18-14-25(2)12-11-16-19(24)9-10-20(28-21)22(16)18/h4-10,13H,3,11-12,14H2,1-2H3. The molecule has 0 saturated heterocycles. The summed E-state index contributed by atoms with van der Waals surface area (Å²) in [5.74, 6) is -0.293. The minimum atomic E-state index is -0.293. The topological polar surface area (TPSA) is 29.5 Å². The lowest BCUT2D eigenvalue weighted by Gasteiger charge is -2.14. The third-order valence-corrected chi connectivity index (χ3v) is 6.56. The van der Waals surface area contributed by atoms with Gasteiger partial charge in [0.15, 0.2) is 0 Å². The zero-order chi connectivity index (χ0) is 19.7. The molecule has 4 rings (SSSR count). The summed E-state index contributed by atoms with van der Waals surface area (Å²) in [4.78, 5) is 16.1. The summed E-state index contributed by atoms with van der Waals surface area (Å²) in [5.41, 5.74) is 3.91. The number of rotatable bonds is 4. The molecule has 0 radical (unpaired) electrons. The molecule has 1 aromatic heterocycles. The van der Waals surface area contributed by atoms with Crippen LogP contribution in [0.1, 0.15) is 28.5 Å². The Morgan fingerprint density at radius 2 is 2.00 bits per heavy atom. The van der Waals surface area contributed by atoms with Crippen molar-refractivity contribution >= 4 is 50.6 Å². The Labute approximate surface area is 174 Å². The maximum atomic E-state index is 12.7. The van der Waals surface area contributed by atoms with Crippen molar-refractivity contribution in [3.8, 4) is 0 Å². The number of halogens is 1. The fourth-order valence-corrected chi connectivity index (χ4v) is 5.15. The summed E-state index contributed by atoms with van der Waals surface area (Å²) in [6.07, 6.45) is 2.92. The van der Waals surface area contributed by atoms with Gasteiger partial charge < -0.3 is 9.64 Å². The summed E-state index contributed by atoms with van der Waals surface area (Å²) in [7, 11) is 2.13. The lowest BCUT2D eigenvalue weighted by molar-refractivity contribution is -0.136. The van der Waals surface area contributed by atoms with E-state index in [0.29, 0.717) is 12.2 Å². The van der Waals surface area contributed by atoms with Crippen molar-refractivity contribution in [2.45, 2.75) is 19.9 Å². The fraction of sp³-hybridized carbons (Fsp3) is 0.261. The van der Waals surface area contributed by atoms with Crippen LogP contribution in [0.2, 0.25) is 5.02 Å². The monoisotopic (exact) mass is 411 g/mol. The molecule has 0 N–H and O–H groups in total. The third kappa shape index (κ3) is 3.60. The van der Waals surface area contributed by atoms with Crippen molar-refractivity contribution < 1.29 is 9.53 Å². The number of nitrogens with zero attached hydrogens (tertiary/aromatic N) is 1. The SMILES string of the molecule is CCOC(=O)C(=Cc1sc2ccc(Cl)c3c2c1CN(C)CC3)c1ccccc1. The zero-order valence-corrected chi connectivity index (χ0v) is 17.6. The highest BCUT2D eigenvalue weighted by molar-refractivity contribution is 7.20. The second-order valence-corrected chi connectivity index (χ2v) is 8.47. The maximum absolute atomic E-state index is 12.7. The van der Waals surface area contributed by atoms with Crippen LogP contribution in [-0.2, 0) is 22.5 Å². The Kier molecular flexibility index (Phi) is 5.54. The first-order valence-corrected chi connectivity index (χ1v) is 10.6. The molecular formula is C23H22ClNO2S. The predicted octanol–water partition coefficient (Wildman–Crippen LogP) is 5.65. The van der Waals surface area contributed by atoms with Crippen molar-refractivity contribution in [1.82, 2.24) is 4.90 Å². The highest BCUT2D eigenvalue weighted by Gasteiger charge is 2.22. The first-order valence-electron chi connectivity index (χ1n) is 9.44. The Balaban J connectivity index is 1.92. The number of carbonyl (C=O) groups is 1. The third-order valence-electron chi connectivity index (χ3n) is 5.06. The summed E-state index contributed by atoms with van der Waals surface area (Å²) in [6, 6.07) is 13.8. The van der Waals surface area contributed by atoms with Crippen LogP contribution < -0.4 is 0 Å². The first kappa shape index (κ1) is 19.2. The van der Waals surface area contributed by atoms with Crippen LogP contribution in [0.4, 0.5) is 0 Å². The van der Waals surface area contributed by atoms with Gasteiger partial charge in [-0.2, -0.15) is 0 Å². The second-order valence-electron chi connectivity index (χ2n) is 6.98. The fourth-order valence-electron chi connectivity index (χ4n) is 3.71. The number of thiophene rings is 1. The van der Waals surface area contributed by atoms with E-state index in [1.165, 1.54) is 21.2 Å². The van der Waals surface area contributed by atoms with E-state index in [2.05, 4.69) is 18.0 Å². The van der Waals surface area contributed by atoms with E-state index in [9.17, 15) is 4.79 Å². The van der Waals surface area contributed by atoms with E-state index in [1.54, 1.807) is 11.3 Å². The summed E-state index contributed by atoms with van der Waals surface area (Å²) < 4.78 is 6.56. The van der Waals surface area contributed by atoms with Gasteiger partial charge in [0.1, 0.15) is 0 Å². The lowest BCUT2D eigenvalue weighted by atomic mass is 10.0. The van der Waals surface area contributed by atoms with Crippen molar-refractivity contribution in [3.63, 3.8) is 0 Å². The average molecular weight is 412 g/mol. The normalized spacial score (nSPS) is 14.9. The maximum Gasteiger partial charge on any atom is 0.338 e. The predicted molar refractivity (Wildman–Crippen MR) is 118 cm³/mol. The molecule has 144 valence electrons. The Bertz CT molecular complexity index is 1060. The van der Waals surface area contributed by atoms with Gasteiger partial charge in [0, 0.05) is 33.1 Å². The molecule has 0 bridgehead atoms. The van der Waals surface area contributed by atoms with Gasteiger partial charge in [-0.1, -0.05) is 41.9 Å². The number of likely N-dealkylation sites (N-methyl/N-ethyl adjacent to an activating group) is 1. The van der Waals surface area contributed by atoms with Crippen LogP contribution >= 0.6 is 22.9 Å². The summed E-state index contributed by atoms with van der Waals surface area (Å²) >= 11 is 8.24. The highest BCUT2D eigenvalue weighted by Crippen LogP contribution is 2.40. The number of benzene rings is 2. The lowest BCUT2D eigenvalue weighted by Crippen LogP contribution is -2.18. The average Bonchev–Trinajstić information content (AvgIpc) is 2.92. The van der Waals surface area contributed by atoms with Gasteiger partial charge in [-0.15, -0.1) is 11.3 Å². The van der Waals surface area contributed by atoms with E-state index in [-0.39, 0.29) is 5.97 Å². The quantitative estimate of drug-likeness (QED) is 0.410. The molecule has 0 aliphatic carbocycles. The molecule has 1 aliphatic heterocycles. The molecule has 1 aliphatic rings. The molecule has 3 aromatic rings. The van der Waals surface area contributed by atoms with Gasteiger partial charge in [0.2, 0.25) is 0 Å². The molecule has 5 heteroatoms. The smallest absolute Gasteiger partial charge is 0.338 e. The molecule has 0 amide bonds. The van der Waals surface area contributed by atoms with E-state index >= 15 is 0 Å². The molecule has 0 unspecified atom stereocenters.